The molecule has 0 radical (unpaired) electrons. The molecule has 0 aliphatic rings. The molecule has 1 rings (SSSR count). The van der Waals surface area contributed by atoms with Gasteiger partial charge in [-0.2, -0.15) is 0 Å². The lowest BCUT2D eigenvalue weighted by Gasteiger charge is -2.23. The van der Waals surface area contributed by atoms with E-state index in [-0.39, 0.29) is 5.92 Å². The summed E-state index contributed by atoms with van der Waals surface area (Å²) in [5.41, 5.74) is 0.817. The van der Waals surface area contributed by atoms with Crippen LogP contribution in [-0.4, -0.2) is 38.2 Å². The van der Waals surface area contributed by atoms with Crippen LogP contribution in [0.25, 0.3) is 6.08 Å². The van der Waals surface area contributed by atoms with Crippen LogP contribution < -0.4 is 5.32 Å². The first kappa shape index (κ1) is 22.5. The van der Waals surface area contributed by atoms with Crippen molar-refractivity contribution in [1.82, 2.24) is 5.32 Å². The van der Waals surface area contributed by atoms with Crippen LogP contribution in [0.1, 0.15) is 32.3 Å². The number of rotatable bonds is 9. The highest BCUT2D eigenvalue weighted by Crippen LogP contribution is 2.20. The molecule has 0 saturated heterocycles. The molecule has 26 heavy (non-hydrogen) atoms. The molecule has 1 aromatic carbocycles. The maximum atomic E-state index is 12.1. The minimum atomic E-state index is -0.672. The van der Waals surface area contributed by atoms with Gasteiger partial charge in [0.15, 0.2) is 0 Å². The summed E-state index contributed by atoms with van der Waals surface area (Å²) in [6.07, 6.45) is 4.50. The van der Waals surface area contributed by atoms with Crippen LogP contribution in [0.2, 0.25) is 10.0 Å². The SMILES string of the molecule is COC(=O)C(CC=Cc1cc(Cl)cc(Cl)c1)NC(CC(C)C)C(=O)OC. The van der Waals surface area contributed by atoms with E-state index >= 15 is 0 Å². The Morgan fingerprint density at radius 1 is 1.04 bits per heavy atom. The number of carbonyl (C=O) groups is 2. The minimum absolute atomic E-state index is 0.258. The highest BCUT2D eigenvalue weighted by atomic mass is 35.5. The molecule has 0 bridgehead atoms. The van der Waals surface area contributed by atoms with E-state index in [1.165, 1.54) is 14.2 Å². The molecule has 0 aromatic heterocycles. The van der Waals surface area contributed by atoms with Crippen LogP contribution in [0.3, 0.4) is 0 Å². The zero-order valence-electron chi connectivity index (χ0n) is 15.4. The first-order valence-electron chi connectivity index (χ1n) is 8.31. The fraction of sp³-hybridized carbons (Fsp3) is 0.474. The van der Waals surface area contributed by atoms with Gasteiger partial charge in [-0.05, 0) is 42.5 Å². The van der Waals surface area contributed by atoms with Gasteiger partial charge in [0.05, 0.1) is 14.2 Å². The number of halogens is 2. The molecule has 5 nitrogen and oxygen atoms in total. The molecule has 0 aliphatic heterocycles. The molecular formula is C19H25Cl2NO4. The summed E-state index contributed by atoms with van der Waals surface area (Å²) in [5.74, 6) is -0.594. The monoisotopic (exact) mass is 401 g/mol. The van der Waals surface area contributed by atoms with Crippen LogP contribution in [-0.2, 0) is 19.1 Å². The van der Waals surface area contributed by atoms with Crippen molar-refractivity contribution < 1.29 is 19.1 Å². The predicted octanol–water partition coefficient (Wildman–Crippen LogP) is 4.12. The molecule has 2 atom stereocenters. The van der Waals surface area contributed by atoms with Crippen molar-refractivity contribution in [3.63, 3.8) is 0 Å². The van der Waals surface area contributed by atoms with Gasteiger partial charge in [0.1, 0.15) is 12.1 Å². The number of carbonyl (C=O) groups excluding carboxylic acids is 2. The Hall–Kier alpha value is -1.56. The van der Waals surface area contributed by atoms with E-state index in [2.05, 4.69) is 5.32 Å². The van der Waals surface area contributed by atoms with Crippen molar-refractivity contribution in [2.45, 2.75) is 38.8 Å². The molecule has 0 spiro atoms. The van der Waals surface area contributed by atoms with Crippen molar-refractivity contribution in [1.29, 1.82) is 0 Å². The molecule has 0 amide bonds. The summed E-state index contributed by atoms with van der Waals surface area (Å²) in [5, 5.41) is 4.10. The summed E-state index contributed by atoms with van der Waals surface area (Å²) in [6.45, 7) is 3.99. The zero-order valence-corrected chi connectivity index (χ0v) is 16.9. The van der Waals surface area contributed by atoms with Gasteiger partial charge in [-0.1, -0.05) is 49.2 Å². The summed E-state index contributed by atoms with van der Waals surface area (Å²) >= 11 is 12.0. The lowest BCUT2D eigenvalue weighted by Crippen LogP contribution is -2.48. The molecule has 144 valence electrons. The zero-order chi connectivity index (χ0) is 19.7. The van der Waals surface area contributed by atoms with Gasteiger partial charge in [-0.25, -0.2) is 0 Å². The van der Waals surface area contributed by atoms with Crippen molar-refractivity contribution >= 4 is 41.2 Å². The second kappa shape index (κ2) is 11.2. The lowest BCUT2D eigenvalue weighted by atomic mass is 10.0. The maximum Gasteiger partial charge on any atom is 0.323 e. The highest BCUT2D eigenvalue weighted by Gasteiger charge is 2.27. The van der Waals surface area contributed by atoms with Crippen LogP contribution in [0.5, 0.6) is 0 Å². The predicted molar refractivity (Wildman–Crippen MR) is 104 cm³/mol. The van der Waals surface area contributed by atoms with E-state index in [0.29, 0.717) is 22.9 Å². The number of hydrogen-bond acceptors (Lipinski definition) is 5. The van der Waals surface area contributed by atoms with E-state index in [4.69, 9.17) is 32.7 Å². The third kappa shape index (κ3) is 7.77. The number of methoxy groups -OCH3 is 2. The average Bonchev–Trinajstić information content (AvgIpc) is 2.57. The lowest BCUT2D eigenvalue weighted by molar-refractivity contribution is -0.146. The third-order valence-electron chi connectivity index (χ3n) is 3.65. The Labute approximate surface area is 164 Å². The Bertz CT molecular complexity index is 626. The minimum Gasteiger partial charge on any atom is -0.468 e. The average molecular weight is 402 g/mol. The maximum absolute atomic E-state index is 12.1. The standard InChI is InChI=1S/C19H25Cl2NO4/c1-12(2)8-17(19(24)26-4)22-16(18(23)25-3)7-5-6-13-9-14(20)11-15(21)10-13/h5-6,9-12,16-17,22H,7-8H2,1-4H3. The molecule has 2 unspecified atom stereocenters. The summed E-state index contributed by atoms with van der Waals surface area (Å²) < 4.78 is 9.67. The number of benzene rings is 1. The molecular weight excluding hydrogens is 377 g/mol. The summed E-state index contributed by atoms with van der Waals surface area (Å²) in [4.78, 5) is 24.1. The van der Waals surface area contributed by atoms with Crippen LogP contribution in [0.15, 0.2) is 24.3 Å². The highest BCUT2D eigenvalue weighted by molar-refractivity contribution is 6.34. The Kier molecular flexibility index (Phi) is 9.70. The van der Waals surface area contributed by atoms with Crippen molar-refractivity contribution in [2.24, 2.45) is 5.92 Å². The van der Waals surface area contributed by atoms with E-state index < -0.39 is 24.0 Å². The smallest absolute Gasteiger partial charge is 0.323 e. The first-order valence-corrected chi connectivity index (χ1v) is 9.06. The van der Waals surface area contributed by atoms with Gasteiger partial charge in [0.2, 0.25) is 0 Å². The Morgan fingerprint density at radius 3 is 2.08 bits per heavy atom. The van der Waals surface area contributed by atoms with Gasteiger partial charge in [0.25, 0.3) is 0 Å². The molecule has 1 aromatic rings. The second-order valence-electron chi connectivity index (χ2n) is 6.29. The van der Waals surface area contributed by atoms with Gasteiger partial charge < -0.3 is 9.47 Å². The van der Waals surface area contributed by atoms with Gasteiger partial charge in [0, 0.05) is 10.0 Å². The molecule has 0 fully saturated rings. The Balaban J connectivity index is 2.86. The number of ether oxygens (including phenoxy) is 2. The number of esters is 2. The molecule has 0 saturated carbocycles. The fourth-order valence-electron chi connectivity index (χ4n) is 2.47. The number of hydrogen-bond donors (Lipinski definition) is 1. The topological polar surface area (TPSA) is 64.6 Å². The van der Waals surface area contributed by atoms with Crippen molar-refractivity contribution in [3.05, 3.63) is 39.9 Å². The van der Waals surface area contributed by atoms with Gasteiger partial charge in [-0.3, -0.25) is 14.9 Å². The molecule has 7 heteroatoms. The Morgan fingerprint density at radius 2 is 1.58 bits per heavy atom. The van der Waals surface area contributed by atoms with Crippen LogP contribution >= 0.6 is 23.2 Å². The van der Waals surface area contributed by atoms with Crippen molar-refractivity contribution in [2.75, 3.05) is 14.2 Å². The fourth-order valence-corrected chi connectivity index (χ4v) is 3.02. The summed E-state index contributed by atoms with van der Waals surface area (Å²) in [7, 11) is 2.64. The normalized spacial score (nSPS) is 13.7. The molecule has 0 heterocycles. The third-order valence-corrected chi connectivity index (χ3v) is 4.08. The molecule has 1 N–H and O–H groups in total. The van der Waals surface area contributed by atoms with E-state index in [1.807, 2.05) is 19.9 Å². The van der Waals surface area contributed by atoms with E-state index in [1.54, 1.807) is 24.3 Å². The number of nitrogens with one attached hydrogen (secondary N) is 1. The first-order chi connectivity index (χ1) is 12.3. The van der Waals surface area contributed by atoms with E-state index in [9.17, 15) is 9.59 Å². The molecule has 0 aliphatic carbocycles. The van der Waals surface area contributed by atoms with Crippen molar-refractivity contribution in [3.8, 4) is 0 Å². The quantitative estimate of drug-likeness (QED) is 0.630. The van der Waals surface area contributed by atoms with Crippen LogP contribution in [0, 0.1) is 5.92 Å². The van der Waals surface area contributed by atoms with Gasteiger partial charge in [-0.15, -0.1) is 0 Å². The summed E-state index contributed by atoms with van der Waals surface area (Å²) in [6, 6.07) is 3.92. The second-order valence-corrected chi connectivity index (χ2v) is 7.16. The van der Waals surface area contributed by atoms with E-state index in [0.717, 1.165) is 5.56 Å². The van der Waals surface area contributed by atoms with Crippen LogP contribution in [0.4, 0.5) is 0 Å². The van der Waals surface area contributed by atoms with Gasteiger partial charge >= 0.3 is 11.9 Å². The largest absolute Gasteiger partial charge is 0.468 e.